The van der Waals surface area contributed by atoms with E-state index in [0.717, 1.165) is 43.7 Å². The van der Waals surface area contributed by atoms with E-state index < -0.39 is 0 Å². The van der Waals surface area contributed by atoms with Crippen LogP contribution < -0.4 is 4.74 Å². The van der Waals surface area contributed by atoms with Gasteiger partial charge >= 0.3 is 0 Å². The summed E-state index contributed by atoms with van der Waals surface area (Å²) in [5.74, 6) is 1.04. The normalized spacial score (nSPS) is 22.2. The molecule has 0 radical (unpaired) electrons. The summed E-state index contributed by atoms with van der Waals surface area (Å²) < 4.78 is 6.17. The number of carbonyl (C=O) groups excluding carboxylic acids is 2. The minimum Gasteiger partial charge on any atom is -0.490 e. The number of piperidine rings is 2. The second kappa shape index (κ2) is 7.46. The summed E-state index contributed by atoms with van der Waals surface area (Å²) in [6.07, 6.45) is 2.98. The maximum atomic E-state index is 12.7. The third kappa shape index (κ3) is 4.14. The van der Waals surface area contributed by atoms with Gasteiger partial charge in [-0.2, -0.15) is 0 Å². The standard InChI is InChI=1S/C20H28N2O3/c1-14-4-5-15(2)18(12-14)25-17-7-10-22(11-8-17)20(24)16-6-9-21(3)19(23)13-16/h4-5,12,16-17H,6-11,13H2,1-3H3/t16-/m0/s1. The summed E-state index contributed by atoms with van der Waals surface area (Å²) in [5, 5.41) is 0. The van der Waals surface area contributed by atoms with Crippen LogP contribution in [0, 0.1) is 19.8 Å². The molecule has 5 heteroatoms. The lowest BCUT2D eigenvalue weighted by atomic mass is 9.94. The van der Waals surface area contributed by atoms with E-state index >= 15 is 0 Å². The first-order valence-electron chi connectivity index (χ1n) is 9.20. The fourth-order valence-electron chi connectivity index (χ4n) is 3.62. The minimum atomic E-state index is -0.139. The zero-order valence-corrected chi connectivity index (χ0v) is 15.5. The molecule has 3 rings (SSSR count). The van der Waals surface area contributed by atoms with Crippen molar-refractivity contribution in [3.05, 3.63) is 29.3 Å². The Balaban J connectivity index is 1.52. The second-order valence-electron chi connectivity index (χ2n) is 7.42. The Hall–Kier alpha value is -2.04. The van der Waals surface area contributed by atoms with E-state index in [1.807, 2.05) is 4.90 Å². The van der Waals surface area contributed by atoms with Crippen LogP contribution in [0.15, 0.2) is 18.2 Å². The van der Waals surface area contributed by atoms with Crippen LogP contribution in [0.3, 0.4) is 0 Å². The molecule has 1 atom stereocenters. The number of amides is 2. The predicted octanol–water partition coefficient (Wildman–Crippen LogP) is 2.54. The summed E-state index contributed by atoms with van der Waals surface area (Å²) in [5.41, 5.74) is 2.34. The molecule has 0 N–H and O–H groups in total. The number of carbonyl (C=O) groups is 2. The Labute approximate surface area is 149 Å². The van der Waals surface area contributed by atoms with Crippen molar-refractivity contribution >= 4 is 11.8 Å². The SMILES string of the molecule is Cc1ccc(C)c(OC2CCN(C(=O)[C@H]3CCN(C)C(=O)C3)CC2)c1. The van der Waals surface area contributed by atoms with Gasteiger partial charge in [0.2, 0.25) is 11.8 Å². The van der Waals surface area contributed by atoms with E-state index in [0.29, 0.717) is 13.0 Å². The Bertz CT molecular complexity index is 650. The van der Waals surface area contributed by atoms with Gasteiger partial charge in [0.25, 0.3) is 0 Å². The van der Waals surface area contributed by atoms with E-state index in [-0.39, 0.29) is 23.8 Å². The van der Waals surface area contributed by atoms with Crippen LogP contribution in [0.1, 0.15) is 36.8 Å². The van der Waals surface area contributed by atoms with Gasteiger partial charge in [-0.1, -0.05) is 12.1 Å². The molecule has 0 aromatic heterocycles. The van der Waals surface area contributed by atoms with Gasteiger partial charge in [-0.15, -0.1) is 0 Å². The fraction of sp³-hybridized carbons (Fsp3) is 0.600. The number of rotatable bonds is 3. The highest BCUT2D eigenvalue weighted by Gasteiger charge is 2.33. The van der Waals surface area contributed by atoms with Crippen LogP contribution in [0.5, 0.6) is 5.75 Å². The fourth-order valence-corrected chi connectivity index (χ4v) is 3.62. The lowest BCUT2D eigenvalue weighted by Gasteiger charge is -2.36. The predicted molar refractivity (Wildman–Crippen MR) is 96.5 cm³/mol. The molecule has 1 aromatic carbocycles. The summed E-state index contributed by atoms with van der Waals surface area (Å²) in [6.45, 7) is 6.24. The Morgan fingerprint density at radius 3 is 2.52 bits per heavy atom. The lowest BCUT2D eigenvalue weighted by Crippen LogP contribution is -2.47. The molecule has 25 heavy (non-hydrogen) atoms. The topological polar surface area (TPSA) is 49.9 Å². The molecule has 136 valence electrons. The first kappa shape index (κ1) is 17.8. The number of aryl methyl sites for hydroxylation is 2. The summed E-state index contributed by atoms with van der Waals surface area (Å²) in [7, 11) is 1.80. The number of likely N-dealkylation sites (tertiary alicyclic amines) is 2. The molecule has 0 bridgehead atoms. The van der Waals surface area contributed by atoms with Crippen LogP contribution in [0.4, 0.5) is 0 Å². The maximum absolute atomic E-state index is 12.7. The molecule has 1 aromatic rings. The number of hydrogen-bond acceptors (Lipinski definition) is 3. The van der Waals surface area contributed by atoms with Gasteiger partial charge in [0, 0.05) is 51.9 Å². The first-order chi connectivity index (χ1) is 11.9. The molecule has 0 saturated carbocycles. The van der Waals surface area contributed by atoms with E-state index in [4.69, 9.17) is 4.74 Å². The van der Waals surface area contributed by atoms with Gasteiger partial charge in [0.05, 0.1) is 0 Å². The molecular weight excluding hydrogens is 316 g/mol. The molecule has 2 heterocycles. The van der Waals surface area contributed by atoms with E-state index in [1.165, 1.54) is 5.56 Å². The highest BCUT2D eigenvalue weighted by atomic mass is 16.5. The third-order valence-corrected chi connectivity index (χ3v) is 5.40. The van der Waals surface area contributed by atoms with Gasteiger partial charge in [0.15, 0.2) is 0 Å². The summed E-state index contributed by atoms with van der Waals surface area (Å²) in [6, 6.07) is 6.25. The van der Waals surface area contributed by atoms with E-state index in [1.54, 1.807) is 11.9 Å². The molecule has 0 aliphatic carbocycles. The minimum absolute atomic E-state index is 0.0812. The van der Waals surface area contributed by atoms with Crippen molar-refractivity contribution in [3.63, 3.8) is 0 Å². The number of hydrogen-bond donors (Lipinski definition) is 0. The average Bonchev–Trinajstić information content (AvgIpc) is 2.60. The Kier molecular flexibility index (Phi) is 5.30. The molecule has 0 spiro atoms. The summed E-state index contributed by atoms with van der Waals surface area (Å²) in [4.78, 5) is 28.2. The molecule has 2 aliphatic heterocycles. The van der Waals surface area contributed by atoms with Crippen LogP contribution >= 0.6 is 0 Å². The largest absolute Gasteiger partial charge is 0.490 e. The van der Waals surface area contributed by atoms with Crippen molar-refractivity contribution in [2.24, 2.45) is 5.92 Å². The van der Waals surface area contributed by atoms with Crippen molar-refractivity contribution in [2.45, 2.75) is 45.6 Å². The molecule has 2 fully saturated rings. The Morgan fingerprint density at radius 1 is 1.12 bits per heavy atom. The van der Waals surface area contributed by atoms with E-state index in [2.05, 4.69) is 32.0 Å². The van der Waals surface area contributed by atoms with Crippen molar-refractivity contribution in [1.82, 2.24) is 9.80 Å². The number of ether oxygens (including phenoxy) is 1. The van der Waals surface area contributed by atoms with Crippen LogP contribution in [-0.2, 0) is 9.59 Å². The molecule has 2 aliphatic rings. The van der Waals surface area contributed by atoms with Crippen LogP contribution in [0.2, 0.25) is 0 Å². The van der Waals surface area contributed by atoms with Gasteiger partial charge in [-0.25, -0.2) is 0 Å². The molecular formula is C20H28N2O3. The van der Waals surface area contributed by atoms with Gasteiger partial charge in [-0.05, 0) is 37.5 Å². The van der Waals surface area contributed by atoms with Gasteiger partial charge in [-0.3, -0.25) is 9.59 Å². The molecule has 2 saturated heterocycles. The zero-order valence-electron chi connectivity index (χ0n) is 15.5. The quantitative estimate of drug-likeness (QED) is 0.847. The number of nitrogens with zero attached hydrogens (tertiary/aromatic N) is 2. The van der Waals surface area contributed by atoms with Crippen LogP contribution in [-0.4, -0.2) is 54.4 Å². The number of benzene rings is 1. The van der Waals surface area contributed by atoms with Crippen LogP contribution in [0.25, 0.3) is 0 Å². The molecule has 5 nitrogen and oxygen atoms in total. The van der Waals surface area contributed by atoms with Gasteiger partial charge < -0.3 is 14.5 Å². The maximum Gasteiger partial charge on any atom is 0.226 e. The lowest BCUT2D eigenvalue weighted by molar-refractivity contribution is -0.145. The van der Waals surface area contributed by atoms with Gasteiger partial charge in [0.1, 0.15) is 11.9 Å². The Morgan fingerprint density at radius 2 is 1.84 bits per heavy atom. The second-order valence-corrected chi connectivity index (χ2v) is 7.42. The molecule has 2 amide bonds. The van der Waals surface area contributed by atoms with Crippen molar-refractivity contribution in [1.29, 1.82) is 0 Å². The van der Waals surface area contributed by atoms with Crippen molar-refractivity contribution in [3.8, 4) is 5.75 Å². The highest BCUT2D eigenvalue weighted by Crippen LogP contribution is 2.26. The van der Waals surface area contributed by atoms with Crippen molar-refractivity contribution in [2.75, 3.05) is 26.7 Å². The zero-order chi connectivity index (χ0) is 18.0. The first-order valence-corrected chi connectivity index (χ1v) is 9.20. The van der Waals surface area contributed by atoms with Crippen molar-refractivity contribution < 1.29 is 14.3 Å². The third-order valence-electron chi connectivity index (χ3n) is 5.40. The highest BCUT2D eigenvalue weighted by molar-refractivity contribution is 5.86. The monoisotopic (exact) mass is 344 g/mol. The average molecular weight is 344 g/mol. The van der Waals surface area contributed by atoms with E-state index in [9.17, 15) is 9.59 Å². The smallest absolute Gasteiger partial charge is 0.226 e. The molecule has 0 unspecified atom stereocenters. The summed E-state index contributed by atoms with van der Waals surface area (Å²) >= 11 is 0.